The highest BCUT2D eigenvalue weighted by molar-refractivity contribution is 4.73. The number of methoxy groups -OCH3 is 1. The minimum Gasteiger partial charge on any atom is -0.634 e. The Bertz CT molecular complexity index is 282. The van der Waals surface area contributed by atoms with Gasteiger partial charge in [-0.2, -0.15) is 0 Å². The standard InChI is InChI=1S/C14H28N2O4/c1-15(17)11-4-3-5-12(10-11)16(18)20-14-8-6-13(19-2)7-9-14/h11-16H,3-10H2,1-2H3. The van der Waals surface area contributed by atoms with Crippen LogP contribution in [0.4, 0.5) is 0 Å². The van der Waals surface area contributed by atoms with E-state index in [1.54, 1.807) is 14.2 Å². The summed E-state index contributed by atoms with van der Waals surface area (Å²) in [6.45, 7) is 0. The van der Waals surface area contributed by atoms with Crippen LogP contribution in [-0.2, 0) is 9.57 Å². The normalized spacial score (nSPS) is 38.4. The first-order valence-corrected chi connectivity index (χ1v) is 7.84. The minimum absolute atomic E-state index is 0.0478. The highest BCUT2D eigenvalue weighted by Crippen LogP contribution is 2.22. The van der Waals surface area contributed by atoms with Gasteiger partial charge in [0.2, 0.25) is 0 Å². The van der Waals surface area contributed by atoms with Crippen LogP contribution in [0.15, 0.2) is 0 Å². The van der Waals surface area contributed by atoms with Crippen molar-refractivity contribution in [1.29, 1.82) is 0 Å². The van der Waals surface area contributed by atoms with Gasteiger partial charge in [0.25, 0.3) is 0 Å². The van der Waals surface area contributed by atoms with Gasteiger partial charge in [0.05, 0.1) is 25.6 Å². The van der Waals surface area contributed by atoms with Gasteiger partial charge in [-0.15, -0.1) is 0 Å². The van der Waals surface area contributed by atoms with Crippen LogP contribution in [0.2, 0.25) is 0 Å². The molecular formula is C14H28N2O4. The molecule has 0 aromatic heterocycles. The average molecular weight is 288 g/mol. The van der Waals surface area contributed by atoms with Crippen LogP contribution < -0.4 is 10.3 Å². The molecule has 4 atom stereocenters. The van der Waals surface area contributed by atoms with E-state index in [0.717, 1.165) is 44.9 Å². The summed E-state index contributed by atoms with van der Waals surface area (Å²) in [6.07, 6.45) is 7.54. The van der Waals surface area contributed by atoms with Crippen molar-refractivity contribution >= 4 is 0 Å². The molecule has 0 bridgehead atoms. The summed E-state index contributed by atoms with van der Waals surface area (Å²) in [5, 5.41) is 23.8. The first-order chi connectivity index (χ1) is 9.60. The molecule has 0 heterocycles. The van der Waals surface area contributed by atoms with E-state index in [-0.39, 0.29) is 28.5 Å². The van der Waals surface area contributed by atoms with Crippen molar-refractivity contribution in [1.82, 2.24) is 0 Å². The van der Waals surface area contributed by atoms with E-state index in [2.05, 4.69) is 0 Å². The molecule has 6 nitrogen and oxygen atoms in total. The van der Waals surface area contributed by atoms with E-state index >= 15 is 0 Å². The molecule has 0 aliphatic heterocycles. The Balaban J connectivity index is 1.75. The molecule has 2 fully saturated rings. The number of ether oxygens (including phenoxy) is 1. The van der Waals surface area contributed by atoms with Crippen LogP contribution in [0.1, 0.15) is 51.4 Å². The van der Waals surface area contributed by atoms with E-state index in [4.69, 9.17) is 9.57 Å². The molecule has 0 aromatic rings. The quantitative estimate of drug-likeness (QED) is 0.674. The molecule has 0 spiro atoms. The molecule has 118 valence electrons. The second kappa shape index (κ2) is 7.68. The van der Waals surface area contributed by atoms with Crippen molar-refractivity contribution in [2.24, 2.45) is 0 Å². The maximum atomic E-state index is 12.2. The Morgan fingerprint density at radius 1 is 0.900 bits per heavy atom. The highest BCUT2D eigenvalue weighted by atomic mass is 16.9. The van der Waals surface area contributed by atoms with Gasteiger partial charge in [-0.1, -0.05) is 0 Å². The number of hydroxylamine groups is 4. The second-order valence-corrected chi connectivity index (χ2v) is 6.24. The van der Waals surface area contributed by atoms with Crippen molar-refractivity contribution in [2.75, 3.05) is 14.2 Å². The van der Waals surface area contributed by atoms with Gasteiger partial charge in [0.15, 0.2) is 0 Å². The van der Waals surface area contributed by atoms with Gasteiger partial charge >= 0.3 is 0 Å². The number of quaternary nitrogens is 2. The molecule has 2 aliphatic rings. The maximum Gasteiger partial charge on any atom is 0.123 e. The molecular weight excluding hydrogens is 260 g/mol. The molecule has 6 heteroatoms. The molecule has 20 heavy (non-hydrogen) atoms. The van der Waals surface area contributed by atoms with Gasteiger partial charge in [-0.05, 0) is 32.1 Å². The summed E-state index contributed by atoms with van der Waals surface area (Å²) in [5.41, 5.74) is 0. The largest absolute Gasteiger partial charge is 0.634 e. The summed E-state index contributed by atoms with van der Waals surface area (Å²) in [4.78, 5) is 5.65. The summed E-state index contributed by atoms with van der Waals surface area (Å²) < 4.78 is 5.32. The minimum atomic E-state index is -0.0863. The first kappa shape index (κ1) is 16.1. The summed E-state index contributed by atoms with van der Waals surface area (Å²) in [5.74, 6) is 0. The third-order valence-corrected chi connectivity index (χ3v) is 4.82. The molecule has 0 radical (unpaired) electrons. The predicted octanol–water partition coefficient (Wildman–Crippen LogP) is -0.418. The Morgan fingerprint density at radius 3 is 2.10 bits per heavy atom. The summed E-state index contributed by atoms with van der Waals surface area (Å²) in [6, 6.07) is -0.0108. The summed E-state index contributed by atoms with van der Waals surface area (Å²) >= 11 is 0. The number of nitrogens with one attached hydrogen (secondary N) is 2. The highest BCUT2D eigenvalue weighted by Gasteiger charge is 2.32. The molecule has 0 amide bonds. The van der Waals surface area contributed by atoms with Crippen LogP contribution >= 0.6 is 0 Å². The van der Waals surface area contributed by atoms with Crippen molar-refractivity contribution in [3.05, 3.63) is 10.4 Å². The molecule has 2 N–H and O–H groups in total. The van der Waals surface area contributed by atoms with Crippen molar-refractivity contribution < 1.29 is 19.9 Å². The lowest BCUT2D eigenvalue weighted by Crippen LogP contribution is -3.14. The van der Waals surface area contributed by atoms with Crippen LogP contribution in [0.5, 0.6) is 0 Å². The molecule has 2 rings (SSSR count). The lowest BCUT2D eigenvalue weighted by atomic mass is 9.91. The fourth-order valence-corrected chi connectivity index (χ4v) is 3.42. The Labute approximate surface area is 121 Å². The van der Waals surface area contributed by atoms with Gasteiger partial charge in [0, 0.05) is 20.0 Å². The van der Waals surface area contributed by atoms with Crippen molar-refractivity contribution in [3.63, 3.8) is 0 Å². The monoisotopic (exact) mass is 288 g/mol. The summed E-state index contributed by atoms with van der Waals surface area (Å²) in [7, 11) is 3.37. The zero-order chi connectivity index (χ0) is 14.5. The Hall–Kier alpha value is -0.240. The SMILES string of the molecule is COC1CCC(O[NH+]([O-])C2CCCC([NH+](C)[O-])C2)CC1. The zero-order valence-corrected chi connectivity index (χ0v) is 12.6. The molecule has 2 saturated carbocycles. The van der Waals surface area contributed by atoms with Crippen LogP contribution in [0.25, 0.3) is 0 Å². The lowest BCUT2D eigenvalue weighted by molar-refractivity contribution is -1.08. The predicted molar refractivity (Wildman–Crippen MR) is 74.8 cm³/mol. The smallest absolute Gasteiger partial charge is 0.123 e. The van der Waals surface area contributed by atoms with E-state index in [1.165, 1.54) is 0 Å². The molecule has 2 aliphatic carbocycles. The fourth-order valence-electron chi connectivity index (χ4n) is 3.42. The average Bonchev–Trinajstić information content (AvgIpc) is 2.48. The Kier molecular flexibility index (Phi) is 6.20. The van der Waals surface area contributed by atoms with Crippen molar-refractivity contribution in [2.45, 2.75) is 75.7 Å². The number of hydrogen-bond donors (Lipinski definition) is 2. The second-order valence-electron chi connectivity index (χ2n) is 6.24. The zero-order valence-electron chi connectivity index (χ0n) is 12.6. The van der Waals surface area contributed by atoms with E-state index in [0.29, 0.717) is 12.5 Å². The van der Waals surface area contributed by atoms with E-state index in [1.807, 2.05) is 0 Å². The first-order valence-electron chi connectivity index (χ1n) is 7.84. The van der Waals surface area contributed by atoms with Crippen molar-refractivity contribution in [3.8, 4) is 0 Å². The van der Waals surface area contributed by atoms with E-state index in [9.17, 15) is 10.4 Å². The third kappa shape index (κ3) is 4.38. The maximum absolute atomic E-state index is 12.2. The van der Waals surface area contributed by atoms with Gasteiger partial charge < -0.3 is 20.2 Å². The van der Waals surface area contributed by atoms with Crippen LogP contribution in [-0.4, -0.2) is 38.4 Å². The molecule has 0 saturated heterocycles. The number of hydrogen-bond acceptors (Lipinski definition) is 4. The van der Waals surface area contributed by atoms with Crippen LogP contribution in [0.3, 0.4) is 0 Å². The van der Waals surface area contributed by atoms with E-state index < -0.39 is 0 Å². The fraction of sp³-hybridized carbons (Fsp3) is 1.00. The molecule has 4 unspecified atom stereocenters. The number of rotatable bonds is 5. The third-order valence-electron chi connectivity index (χ3n) is 4.82. The Morgan fingerprint density at radius 2 is 1.50 bits per heavy atom. The van der Waals surface area contributed by atoms with Gasteiger partial charge in [0.1, 0.15) is 12.1 Å². The van der Waals surface area contributed by atoms with Crippen LogP contribution in [0, 0.1) is 10.4 Å². The lowest BCUT2D eigenvalue weighted by Gasteiger charge is -2.39. The molecule has 0 aromatic carbocycles. The van der Waals surface area contributed by atoms with Gasteiger partial charge in [-0.3, -0.25) is 0 Å². The van der Waals surface area contributed by atoms with Gasteiger partial charge in [-0.25, -0.2) is 10.1 Å². The topological polar surface area (TPSA) is 73.5 Å².